The van der Waals surface area contributed by atoms with Crippen LogP contribution < -0.4 is 5.32 Å². The van der Waals surface area contributed by atoms with E-state index in [1.807, 2.05) is 18.2 Å². The van der Waals surface area contributed by atoms with Crippen molar-refractivity contribution in [2.24, 2.45) is 0 Å². The summed E-state index contributed by atoms with van der Waals surface area (Å²) in [5, 5.41) is 12.0. The summed E-state index contributed by atoms with van der Waals surface area (Å²) in [7, 11) is 0. The van der Waals surface area contributed by atoms with Crippen molar-refractivity contribution < 1.29 is 14.6 Å². The molecule has 1 saturated heterocycles. The van der Waals surface area contributed by atoms with Gasteiger partial charge in [-0.3, -0.25) is 9.69 Å². The van der Waals surface area contributed by atoms with Gasteiger partial charge in [0.05, 0.1) is 12.7 Å². The van der Waals surface area contributed by atoms with Crippen molar-refractivity contribution >= 4 is 5.91 Å². The number of amides is 1. The Bertz CT molecular complexity index is 436. The van der Waals surface area contributed by atoms with Gasteiger partial charge in [0.1, 0.15) is 6.10 Å². The fourth-order valence-electron chi connectivity index (χ4n) is 2.36. The van der Waals surface area contributed by atoms with Gasteiger partial charge in [-0.15, -0.1) is 0 Å². The fraction of sp³-hybridized carbons (Fsp3) is 0.562. The van der Waals surface area contributed by atoms with Gasteiger partial charge < -0.3 is 15.2 Å². The van der Waals surface area contributed by atoms with E-state index in [0.29, 0.717) is 26.1 Å². The predicted octanol–water partition coefficient (Wildman–Crippen LogP) is 0.774. The largest absolute Gasteiger partial charge is 0.393 e. The summed E-state index contributed by atoms with van der Waals surface area (Å²) < 4.78 is 5.55. The topological polar surface area (TPSA) is 61.8 Å². The summed E-state index contributed by atoms with van der Waals surface area (Å²) in [6.07, 6.45) is -0.254. The first-order valence-electron chi connectivity index (χ1n) is 7.49. The molecule has 0 spiro atoms. The highest BCUT2D eigenvalue weighted by atomic mass is 16.5. The van der Waals surface area contributed by atoms with Gasteiger partial charge in [-0.2, -0.15) is 0 Å². The standard InChI is InChI=1S/C16H24N2O3/c1-13(19)7-8-17-16(20)15-12-18(9-10-21-15)11-14-5-3-2-4-6-14/h2-6,13,15,19H,7-12H2,1H3,(H,17,20). The molecular weight excluding hydrogens is 268 g/mol. The number of rotatable bonds is 6. The number of carbonyl (C=O) groups excluding carboxylic acids is 1. The number of ether oxygens (including phenoxy) is 1. The maximum atomic E-state index is 12.0. The van der Waals surface area contributed by atoms with E-state index in [1.165, 1.54) is 5.56 Å². The van der Waals surface area contributed by atoms with Crippen LogP contribution in [0.25, 0.3) is 0 Å². The number of benzene rings is 1. The second-order valence-electron chi connectivity index (χ2n) is 5.51. The van der Waals surface area contributed by atoms with Gasteiger partial charge in [0, 0.05) is 26.2 Å². The molecule has 2 unspecified atom stereocenters. The number of carbonyl (C=O) groups is 1. The predicted molar refractivity (Wildman–Crippen MR) is 80.8 cm³/mol. The minimum atomic E-state index is -0.420. The van der Waals surface area contributed by atoms with Crippen LogP contribution in [0.1, 0.15) is 18.9 Å². The molecule has 0 aliphatic carbocycles. The minimum absolute atomic E-state index is 0.0894. The molecule has 2 N–H and O–H groups in total. The molecule has 2 rings (SSSR count). The van der Waals surface area contributed by atoms with Crippen molar-refractivity contribution in [1.82, 2.24) is 10.2 Å². The van der Waals surface area contributed by atoms with Crippen LogP contribution >= 0.6 is 0 Å². The Morgan fingerprint density at radius 1 is 1.48 bits per heavy atom. The average Bonchev–Trinajstić information content (AvgIpc) is 2.48. The van der Waals surface area contributed by atoms with E-state index in [0.717, 1.165) is 13.1 Å². The number of nitrogens with zero attached hydrogens (tertiary/aromatic N) is 1. The molecule has 0 aromatic heterocycles. The molecule has 116 valence electrons. The summed E-state index contributed by atoms with van der Waals surface area (Å²) >= 11 is 0. The Balaban J connectivity index is 1.79. The second-order valence-corrected chi connectivity index (χ2v) is 5.51. The molecule has 0 radical (unpaired) electrons. The second kappa shape index (κ2) is 8.12. The summed E-state index contributed by atoms with van der Waals surface area (Å²) in [4.78, 5) is 14.3. The molecule has 1 aromatic carbocycles. The molecule has 1 amide bonds. The Morgan fingerprint density at radius 3 is 2.95 bits per heavy atom. The molecule has 1 aliphatic heterocycles. The molecule has 21 heavy (non-hydrogen) atoms. The van der Waals surface area contributed by atoms with E-state index in [9.17, 15) is 9.90 Å². The fourth-order valence-corrected chi connectivity index (χ4v) is 2.36. The number of morpholine rings is 1. The highest BCUT2D eigenvalue weighted by Gasteiger charge is 2.26. The van der Waals surface area contributed by atoms with Crippen LogP contribution in [-0.2, 0) is 16.1 Å². The van der Waals surface area contributed by atoms with Crippen LogP contribution in [0.4, 0.5) is 0 Å². The molecule has 1 heterocycles. The van der Waals surface area contributed by atoms with Crippen molar-refractivity contribution in [3.05, 3.63) is 35.9 Å². The number of hydrogen-bond acceptors (Lipinski definition) is 4. The third kappa shape index (κ3) is 5.46. The van der Waals surface area contributed by atoms with Crippen LogP contribution in [0, 0.1) is 0 Å². The minimum Gasteiger partial charge on any atom is -0.393 e. The third-order valence-corrected chi connectivity index (χ3v) is 3.55. The van der Waals surface area contributed by atoms with Crippen LogP contribution in [0.3, 0.4) is 0 Å². The van der Waals surface area contributed by atoms with E-state index in [1.54, 1.807) is 6.92 Å². The Kier molecular flexibility index (Phi) is 6.17. The van der Waals surface area contributed by atoms with Gasteiger partial charge in [0.25, 0.3) is 0 Å². The molecule has 5 nitrogen and oxygen atoms in total. The van der Waals surface area contributed by atoms with E-state index in [2.05, 4.69) is 22.3 Å². The lowest BCUT2D eigenvalue weighted by Gasteiger charge is -2.32. The zero-order valence-corrected chi connectivity index (χ0v) is 12.5. The number of nitrogens with one attached hydrogen (secondary N) is 1. The van der Waals surface area contributed by atoms with Gasteiger partial charge >= 0.3 is 0 Å². The van der Waals surface area contributed by atoms with Gasteiger partial charge in [-0.1, -0.05) is 30.3 Å². The highest BCUT2D eigenvalue weighted by Crippen LogP contribution is 2.10. The van der Waals surface area contributed by atoms with Crippen LogP contribution in [0.15, 0.2) is 30.3 Å². The molecule has 0 saturated carbocycles. The van der Waals surface area contributed by atoms with Gasteiger partial charge in [0.15, 0.2) is 0 Å². The lowest BCUT2D eigenvalue weighted by molar-refractivity contribution is -0.138. The lowest BCUT2D eigenvalue weighted by Crippen LogP contribution is -2.49. The molecule has 1 aromatic rings. The van der Waals surface area contributed by atoms with Crippen LogP contribution in [-0.4, -0.2) is 54.4 Å². The Morgan fingerprint density at radius 2 is 2.24 bits per heavy atom. The molecule has 0 bridgehead atoms. The quantitative estimate of drug-likeness (QED) is 0.813. The molecule has 1 fully saturated rings. The summed E-state index contributed by atoms with van der Waals surface area (Å²) in [5.74, 6) is -0.0894. The van der Waals surface area contributed by atoms with Gasteiger partial charge in [-0.25, -0.2) is 0 Å². The van der Waals surface area contributed by atoms with Crippen molar-refractivity contribution in [2.75, 3.05) is 26.2 Å². The van der Waals surface area contributed by atoms with E-state index in [4.69, 9.17) is 4.74 Å². The molecule has 1 aliphatic rings. The maximum absolute atomic E-state index is 12.0. The average molecular weight is 292 g/mol. The van der Waals surface area contributed by atoms with Crippen LogP contribution in [0.2, 0.25) is 0 Å². The third-order valence-electron chi connectivity index (χ3n) is 3.55. The summed E-state index contributed by atoms with van der Waals surface area (Å²) in [5.41, 5.74) is 1.24. The lowest BCUT2D eigenvalue weighted by atomic mass is 10.2. The first-order valence-corrected chi connectivity index (χ1v) is 7.49. The summed E-state index contributed by atoms with van der Waals surface area (Å²) in [6.45, 7) is 5.05. The number of aliphatic hydroxyl groups is 1. The van der Waals surface area contributed by atoms with E-state index >= 15 is 0 Å². The summed E-state index contributed by atoms with van der Waals surface area (Å²) in [6, 6.07) is 10.2. The monoisotopic (exact) mass is 292 g/mol. The Labute approximate surface area is 125 Å². The first-order chi connectivity index (χ1) is 10.1. The van der Waals surface area contributed by atoms with Crippen molar-refractivity contribution in [3.63, 3.8) is 0 Å². The van der Waals surface area contributed by atoms with Gasteiger partial charge in [0.2, 0.25) is 5.91 Å². The van der Waals surface area contributed by atoms with Crippen molar-refractivity contribution in [1.29, 1.82) is 0 Å². The number of hydrogen-bond donors (Lipinski definition) is 2. The van der Waals surface area contributed by atoms with Crippen molar-refractivity contribution in [3.8, 4) is 0 Å². The maximum Gasteiger partial charge on any atom is 0.250 e. The molecular formula is C16H24N2O3. The molecule has 5 heteroatoms. The normalized spacial score (nSPS) is 21.0. The highest BCUT2D eigenvalue weighted by molar-refractivity contribution is 5.81. The number of aliphatic hydroxyl groups excluding tert-OH is 1. The Hall–Kier alpha value is -1.43. The van der Waals surface area contributed by atoms with E-state index in [-0.39, 0.29) is 5.91 Å². The molecule has 2 atom stereocenters. The van der Waals surface area contributed by atoms with Gasteiger partial charge in [-0.05, 0) is 18.9 Å². The first kappa shape index (κ1) is 15.9. The van der Waals surface area contributed by atoms with Crippen LogP contribution in [0.5, 0.6) is 0 Å². The zero-order chi connectivity index (χ0) is 15.1. The zero-order valence-electron chi connectivity index (χ0n) is 12.5. The van der Waals surface area contributed by atoms with Crippen molar-refractivity contribution in [2.45, 2.75) is 32.1 Å². The SMILES string of the molecule is CC(O)CCNC(=O)C1CN(Cc2ccccc2)CCO1. The smallest absolute Gasteiger partial charge is 0.250 e. The van der Waals surface area contributed by atoms with E-state index < -0.39 is 12.2 Å².